The lowest BCUT2D eigenvalue weighted by atomic mass is 10.3. The Hall–Kier alpha value is -1.26. The van der Waals surface area contributed by atoms with Crippen molar-refractivity contribution in [3.8, 4) is 5.75 Å². The summed E-state index contributed by atoms with van der Waals surface area (Å²) in [6.45, 7) is 9.78. The Morgan fingerprint density at radius 1 is 1.40 bits per heavy atom. The molecule has 1 heterocycles. The van der Waals surface area contributed by atoms with E-state index in [-0.39, 0.29) is 0 Å². The Balaban J connectivity index is 1.73. The van der Waals surface area contributed by atoms with Crippen LogP contribution in [0.25, 0.3) is 0 Å². The highest BCUT2D eigenvalue weighted by atomic mass is 16.5. The van der Waals surface area contributed by atoms with E-state index in [0.29, 0.717) is 6.10 Å². The van der Waals surface area contributed by atoms with Crippen LogP contribution in [0.15, 0.2) is 24.3 Å². The van der Waals surface area contributed by atoms with Gasteiger partial charge in [0.25, 0.3) is 0 Å². The van der Waals surface area contributed by atoms with E-state index in [1.54, 1.807) is 0 Å². The van der Waals surface area contributed by atoms with E-state index in [1.165, 1.54) is 0 Å². The molecule has 1 atom stereocenters. The van der Waals surface area contributed by atoms with Crippen molar-refractivity contribution in [2.45, 2.75) is 26.4 Å². The lowest BCUT2D eigenvalue weighted by molar-refractivity contribution is 0.0745. The third-order valence-corrected chi connectivity index (χ3v) is 3.55. The van der Waals surface area contributed by atoms with Gasteiger partial charge in [0.2, 0.25) is 0 Å². The molecule has 0 aliphatic carbocycles. The van der Waals surface area contributed by atoms with Gasteiger partial charge in [0, 0.05) is 37.9 Å². The van der Waals surface area contributed by atoms with Crippen LogP contribution in [0.4, 0.5) is 5.69 Å². The summed E-state index contributed by atoms with van der Waals surface area (Å²) in [7, 11) is 0. The van der Waals surface area contributed by atoms with Gasteiger partial charge in [-0.15, -0.1) is 0 Å². The number of benzene rings is 1. The van der Waals surface area contributed by atoms with Gasteiger partial charge in [0.15, 0.2) is 0 Å². The molecule has 1 aromatic carbocycles. The van der Waals surface area contributed by atoms with Gasteiger partial charge in [-0.3, -0.25) is 4.90 Å². The molecule has 1 aromatic rings. The molecule has 1 aliphatic rings. The van der Waals surface area contributed by atoms with Crippen LogP contribution in [0.5, 0.6) is 5.75 Å². The molecule has 0 spiro atoms. The van der Waals surface area contributed by atoms with Crippen molar-refractivity contribution in [1.82, 2.24) is 4.90 Å². The van der Waals surface area contributed by atoms with Gasteiger partial charge < -0.3 is 14.8 Å². The number of ether oxygens (including phenoxy) is 2. The lowest BCUT2D eigenvalue weighted by Gasteiger charge is -2.19. The summed E-state index contributed by atoms with van der Waals surface area (Å²) in [5, 5.41) is 3.29. The molecule has 20 heavy (non-hydrogen) atoms. The largest absolute Gasteiger partial charge is 0.492 e. The summed E-state index contributed by atoms with van der Waals surface area (Å²) >= 11 is 0. The van der Waals surface area contributed by atoms with Crippen molar-refractivity contribution in [2.75, 3.05) is 44.7 Å². The Kier molecular flexibility index (Phi) is 6.15. The minimum absolute atomic E-state index is 0.387. The summed E-state index contributed by atoms with van der Waals surface area (Å²) < 4.78 is 11.5. The molecule has 4 nitrogen and oxygen atoms in total. The maximum absolute atomic E-state index is 5.84. The number of hydrogen-bond acceptors (Lipinski definition) is 4. The van der Waals surface area contributed by atoms with E-state index < -0.39 is 0 Å². The fourth-order valence-electron chi connectivity index (χ4n) is 2.36. The molecular formula is C16H26N2O2. The molecule has 112 valence electrons. The minimum Gasteiger partial charge on any atom is -0.492 e. The van der Waals surface area contributed by atoms with Crippen LogP contribution in [-0.4, -0.2) is 50.4 Å². The molecule has 2 rings (SSSR count). The van der Waals surface area contributed by atoms with Crippen LogP contribution in [0.2, 0.25) is 0 Å². The molecule has 0 radical (unpaired) electrons. The molecule has 0 aromatic heterocycles. The van der Waals surface area contributed by atoms with Crippen LogP contribution in [0, 0.1) is 0 Å². The Labute approximate surface area is 122 Å². The van der Waals surface area contributed by atoms with Crippen LogP contribution in [0.3, 0.4) is 0 Å². The highest BCUT2D eigenvalue weighted by Gasteiger charge is 2.13. The maximum Gasteiger partial charge on any atom is 0.121 e. The van der Waals surface area contributed by atoms with E-state index in [4.69, 9.17) is 9.47 Å². The van der Waals surface area contributed by atoms with Crippen LogP contribution in [-0.2, 0) is 4.74 Å². The van der Waals surface area contributed by atoms with Gasteiger partial charge in [-0.25, -0.2) is 0 Å². The van der Waals surface area contributed by atoms with Crippen LogP contribution < -0.4 is 10.1 Å². The highest BCUT2D eigenvalue weighted by molar-refractivity contribution is 5.47. The standard InChI is InChI=1S/C16H26N2O2/c1-3-17-15-5-4-6-16(13-15)20-12-10-18-8-7-14(2)19-11-9-18/h4-6,13-14,17H,3,7-12H2,1-2H3. The van der Waals surface area contributed by atoms with Crippen molar-refractivity contribution in [1.29, 1.82) is 0 Å². The number of nitrogens with zero attached hydrogens (tertiary/aromatic N) is 1. The van der Waals surface area contributed by atoms with E-state index in [0.717, 1.165) is 57.3 Å². The van der Waals surface area contributed by atoms with Gasteiger partial charge in [0.05, 0.1) is 12.7 Å². The molecular weight excluding hydrogens is 252 g/mol. The molecule has 4 heteroatoms. The first-order valence-corrected chi connectivity index (χ1v) is 7.58. The molecule has 1 unspecified atom stereocenters. The van der Waals surface area contributed by atoms with Gasteiger partial charge in [0.1, 0.15) is 12.4 Å². The van der Waals surface area contributed by atoms with Gasteiger partial charge in [-0.05, 0) is 32.4 Å². The molecule has 0 amide bonds. The normalized spacial score (nSPS) is 20.4. The Bertz CT molecular complexity index is 398. The third-order valence-electron chi connectivity index (χ3n) is 3.55. The van der Waals surface area contributed by atoms with Crippen molar-refractivity contribution in [3.63, 3.8) is 0 Å². The van der Waals surface area contributed by atoms with E-state index >= 15 is 0 Å². The highest BCUT2D eigenvalue weighted by Crippen LogP contribution is 2.17. The molecule has 1 aliphatic heterocycles. The Morgan fingerprint density at radius 3 is 3.15 bits per heavy atom. The first-order valence-electron chi connectivity index (χ1n) is 7.58. The number of hydrogen-bond donors (Lipinski definition) is 1. The van der Waals surface area contributed by atoms with Crippen molar-refractivity contribution < 1.29 is 9.47 Å². The molecule has 1 fully saturated rings. The topological polar surface area (TPSA) is 33.7 Å². The van der Waals surface area contributed by atoms with E-state index in [2.05, 4.69) is 36.2 Å². The zero-order valence-corrected chi connectivity index (χ0v) is 12.6. The summed E-state index contributed by atoms with van der Waals surface area (Å²) in [4.78, 5) is 2.41. The van der Waals surface area contributed by atoms with Gasteiger partial charge in [-0.2, -0.15) is 0 Å². The first kappa shape index (κ1) is 15.1. The molecule has 0 bridgehead atoms. The number of anilines is 1. The smallest absolute Gasteiger partial charge is 0.121 e. The predicted molar refractivity (Wildman–Crippen MR) is 82.6 cm³/mol. The van der Waals surface area contributed by atoms with Crippen molar-refractivity contribution >= 4 is 5.69 Å². The zero-order valence-electron chi connectivity index (χ0n) is 12.6. The summed E-state index contributed by atoms with van der Waals surface area (Å²) in [6, 6.07) is 8.14. The second-order valence-corrected chi connectivity index (χ2v) is 5.22. The fraction of sp³-hybridized carbons (Fsp3) is 0.625. The molecule has 1 N–H and O–H groups in total. The van der Waals surface area contributed by atoms with E-state index in [9.17, 15) is 0 Å². The van der Waals surface area contributed by atoms with Crippen molar-refractivity contribution in [3.05, 3.63) is 24.3 Å². The average molecular weight is 278 g/mol. The fourth-order valence-corrected chi connectivity index (χ4v) is 2.36. The molecule has 1 saturated heterocycles. The second-order valence-electron chi connectivity index (χ2n) is 5.22. The lowest BCUT2D eigenvalue weighted by Crippen LogP contribution is -2.30. The number of nitrogens with one attached hydrogen (secondary N) is 1. The summed E-state index contributed by atoms with van der Waals surface area (Å²) in [5.41, 5.74) is 1.11. The summed E-state index contributed by atoms with van der Waals surface area (Å²) in [6.07, 6.45) is 1.49. The summed E-state index contributed by atoms with van der Waals surface area (Å²) in [5.74, 6) is 0.933. The van der Waals surface area contributed by atoms with Crippen LogP contribution >= 0.6 is 0 Å². The van der Waals surface area contributed by atoms with E-state index in [1.807, 2.05) is 12.1 Å². The first-order chi connectivity index (χ1) is 9.78. The maximum atomic E-state index is 5.84. The zero-order chi connectivity index (χ0) is 14.2. The average Bonchev–Trinajstić information content (AvgIpc) is 2.65. The second kappa shape index (κ2) is 8.12. The molecule has 0 saturated carbocycles. The van der Waals surface area contributed by atoms with Crippen molar-refractivity contribution in [2.24, 2.45) is 0 Å². The predicted octanol–water partition coefficient (Wildman–Crippen LogP) is 2.61. The van der Waals surface area contributed by atoms with Crippen LogP contribution in [0.1, 0.15) is 20.3 Å². The third kappa shape index (κ3) is 5.02. The monoisotopic (exact) mass is 278 g/mol. The van der Waals surface area contributed by atoms with Gasteiger partial charge in [-0.1, -0.05) is 6.07 Å². The quantitative estimate of drug-likeness (QED) is 0.867. The Morgan fingerprint density at radius 2 is 2.30 bits per heavy atom. The SMILES string of the molecule is CCNc1cccc(OCCN2CCOC(C)CC2)c1. The number of rotatable bonds is 6. The minimum atomic E-state index is 0.387. The van der Waals surface area contributed by atoms with Gasteiger partial charge >= 0.3 is 0 Å².